The number of methoxy groups -OCH3 is 1. The minimum atomic E-state index is -0.325. The molecule has 2 rings (SSSR count). The maximum atomic E-state index is 11.4. The molecule has 2 aromatic carbocycles. The first-order valence-corrected chi connectivity index (χ1v) is 6.72. The Morgan fingerprint density at radius 2 is 1.62 bits per heavy atom. The summed E-state index contributed by atoms with van der Waals surface area (Å²) in [5.41, 5.74) is 3.63. The van der Waals surface area contributed by atoms with Gasteiger partial charge in [0.05, 0.1) is 19.3 Å². The molecule has 0 unspecified atom stereocenters. The van der Waals surface area contributed by atoms with Crippen LogP contribution in [0, 0.1) is 0 Å². The van der Waals surface area contributed by atoms with E-state index in [1.165, 1.54) is 7.11 Å². The van der Waals surface area contributed by atoms with E-state index in [-0.39, 0.29) is 12.6 Å². The highest BCUT2D eigenvalue weighted by Gasteiger charge is 2.06. The van der Waals surface area contributed by atoms with Gasteiger partial charge in [0.25, 0.3) is 0 Å². The summed E-state index contributed by atoms with van der Waals surface area (Å²) in [5, 5.41) is 9.04. The van der Waals surface area contributed by atoms with Crippen LogP contribution in [0.25, 0.3) is 0 Å². The van der Waals surface area contributed by atoms with Crippen molar-refractivity contribution in [1.82, 2.24) is 0 Å². The molecule has 0 fully saturated rings. The van der Waals surface area contributed by atoms with Gasteiger partial charge in [0.1, 0.15) is 0 Å². The van der Waals surface area contributed by atoms with Crippen molar-refractivity contribution in [2.45, 2.75) is 13.2 Å². The molecule has 0 aliphatic heterocycles. The van der Waals surface area contributed by atoms with Crippen LogP contribution < -0.4 is 4.90 Å². The molecule has 0 aromatic heterocycles. The highest BCUT2D eigenvalue weighted by atomic mass is 16.5. The Morgan fingerprint density at radius 1 is 1.05 bits per heavy atom. The van der Waals surface area contributed by atoms with Crippen molar-refractivity contribution >= 4 is 11.7 Å². The minimum Gasteiger partial charge on any atom is -0.465 e. The molecule has 110 valence electrons. The number of carbonyl (C=O) groups excluding carboxylic acids is 1. The molecule has 0 atom stereocenters. The topological polar surface area (TPSA) is 49.8 Å². The first-order valence-electron chi connectivity index (χ1n) is 6.72. The van der Waals surface area contributed by atoms with Gasteiger partial charge in [-0.15, -0.1) is 0 Å². The number of hydrogen-bond donors (Lipinski definition) is 1. The number of anilines is 1. The Kier molecular flexibility index (Phi) is 4.95. The minimum absolute atomic E-state index is 0.0545. The van der Waals surface area contributed by atoms with E-state index in [4.69, 9.17) is 5.11 Å². The summed E-state index contributed by atoms with van der Waals surface area (Å²) in [4.78, 5) is 13.5. The van der Waals surface area contributed by atoms with Crippen LogP contribution >= 0.6 is 0 Å². The van der Waals surface area contributed by atoms with Gasteiger partial charge in [0.2, 0.25) is 0 Å². The number of hydrogen-bond acceptors (Lipinski definition) is 4. The number of ether oxygens (including phenoxy) is 1. The lowest BCUT2D eigenvalue weighted by atomic mass is 10.1. The van der Waals surface area contributed by atoms with E-state index in [1.807, 2.05) is 43.4 Å². The van der Waals surface area contributed by atoms with E-state index in [1.54, 1.807) is 12.1 Å². The van der Waals surface area contributed by atoms with Gasteiger partial charge >= 0.3 is 5.97 Å². The van der Waals surface area contributed by atoms with Crippen molar-refractivity contribution < 1.29 is 14.6 Å². The first kappa shape index (κ1) is 15.1. The molecule has 21 heavy (non-hydrogen) atoms. The average molecular weight is 285 g/mol. The molecule has 0 spiro atoms. The molecule has 0 saturated heterocycles. The third-order valence-electron chi connectivity index (χ3n) is 3.35. The monoisotopic (exact) mass is 285 g/mol. The van der Waals surface area contributed by atoms with Gasteiger partial charge in [-0.1, -0.05) is 24.3 Å². The number of benzene rings is 2. The molecule has 0 radical (unpaired) electrons. The first-order chi connectivity index (χ1) is 10.1. The summed E-state index contributed by atoms with van der Waals surface area (Å²) in [6.45, 7) is 0.791. The van der Waals surface area contributed by atoms with Crippen LogP contribution in [0.5, 0.6) is 0 Å². The molecule has 0 aliphatic carbocycles. The highest BCUT2D eigenvalue weighted by molar-refractivity contribution is 5.89. The van der Waals surface area contributed by atoms with Gasteiger partial charge in [-0.2, -0.15) is 0 Å². The highest BCUT2D eigenvalue weighted by Crippen LogP contribution is 2.17. The lowest BCUT2D eigenvalue weighted by molar-refractivity contribution is 0.0600. The Bertz CT molecular complexity index is 590. The second kappa shape index (κ2) is 6.90. The predicted octanol–water partition coefficient (Wildman–Crippen LogP) is 2.60. The van der Waals surface area contributed by atoms with E-state index >= 15 is 0 Å². The van der Waals surface area contributed by atoms with Gasteiger partial charge in [0, 0.05) is 19.3 Å². The molecular weight excluding hydrogens is 266 g/mol. The van der Waals surface area contributed by atoms with E-state index in [0.29, 0.717) is 5.56 Å². The molecular formula is C17H19NO3. The largest absolute Gasteiger partial charge is 0.465 e. The Hall–Kier alpha value is -2.33. The fourth-order valence-electron chi connectivity index (χ4n) is 2.09. The van der Waals surface area contributed by atoms with Crippen molar-refractivity contribution in [3.05, 3.63) is 65.2 Å². The zero-order chi connectivity index (χ0) is 15.2. The molecule has 4 nitrogen and oxygen atoms in total. The maximum absolute atomic E-state index is 11.4. The molecule has 0 saturated carbocycles. The molecule has 1 N–H and O–H groups in total. The number of rotatable bonds is 5. The summed E-state index contributed by atoms with van der Waals surface area (Å²) < 4.78 is 4.68. The second-order valence-electron chi connectivity index (χ2n) is 4.87. The van der Waals surface area contributed by atoms with Crippen molar-refractivity contribution in [2.75, 3.05) is 19.1 Å². The summed E-state index contributed by atoms with van der Waals surface area (Å²) in [5.74, 6) is -0.325. The van der Waals surface area contributed by atoms with E-state index in [0.717, 1.165) is 23.4 Å². The SMILES string of the molecule is COC(=O)c1ccc(CN(C)c2ccc(CO)cc2)cc1. The zero-order valence-electron chi connectivity index (χ0n) is 12.2. The van der Waals surface area contributed by atoms with Crippen LogP contribution in [-0.2, 0) is 17.9 Å². The molecule has 4 heteroatoms. The zero-order valence-corrected chi connectivity index (χ0v) is 12.2. The normalized spacial score (nSPS) is 10.2. The van der Waals surface area contributed by atoms with Crippen molar-refractivity contribution in [1.29, 1.82) is 0 Å². The van der Waals surface area contributed by atoms with Crippen molar-refractivity contribution in [3.8, 4) is 0 Å². The Labute approximate surface area is 124 Å². The Morgan fingerprint density at radius 3 is 2.14 bits per heavy atom. The van der Waals surface area contributed by atoms with Gasteiger partial charge < -0.3 is 14.7 Å². The number of esters is 1. The lowest BCUT2D eigenvalue weighted by Gasteiger charge is -2.19. The van der Waals surface area contributed by atoms with Crippen LogP contribution in [0.3, 0.4) is 0 Å². The number of nitrogens with zero attached hydrogens (tertiary/aromatic N) is 1. The summed E-state index contributed by atoms with van der Waals surface area (Å²) >= 11 is 0. The van der Waals surface area contributed by atoms with Crippen LogP contribution in [0.1, 0.15) is 21.5 Å². The number of aliphatic hydroxyl groups is 1. The maximum Gasteiger partial charge on any atom is 0.337 e. The fraction of sp³-hybridized carbons (Fsp3) is 0.235. The molecule has 0 bridgehead atoms. The van der Waals surface area contributed by atoms with Gasteiger partial charge in [-0.25, -0.2) is 4.79 Å². The van der Waals surface area contributed by atoms with Gasteiger partial charge in [-0.3, -0.25) is 0 Å². The third kappa shape index (κ3) is 3.83. The fourth-order valence-corrected chi connectivity index (χ4v) is 2.09. The standard InChI is InChI=1S/C17H19NO3/c1-18(16-9-5-14(12-19)6-10-16)11-13-3-7-15(8-4-13)17(20)21-2/h3-10,19H,11-12H2,1-2H3. The van der Waals surface area contributed by atoms with Crippen LogP contribution in [0.4, 0.5) is 5.69 Å². The summed E-state index contributed by atoms with van der Waals surface area (Å²) in [6, 6.07) is 15.2. The lowest BCUT2D eigenvalue weighted by Crippen LogP contribution is -2.16. The third-order valence-corrected chi connectivity index (χ3v) is 3.35. The molecule has 0 aliphatic rings. The van der Waals surface area contributed by atoms with Crippen molar-refractivity contribution in [3.63, 3.8) is 0 Å². The van der Waals surface area contributed by atoms with Crippen LogP contribution in [0.15, 0.2) is 48.5 Å². The number of aliphatic hydroxyl groups excluding tert-OH is 1. The quantitative estimate of drug-likeness (QED) is 0.858. The van der Waals surface area contributed by atoms with Gasteiger partial charge in [0.15, 0.2) is 0 Å². The summed E-state index contributed by atoms with van der Waals surface area (Å²) in [7, 11) is 3.38. The van der Waals surface area contributed by atoms with Crippen LogP contribution in [-0.4, -0.2) is 25.2 Å². The number of carbonyl (C=O) groups is 1. The average Bonchev–Trinajstić information content (AvgIpc) is 2.55. The summed E-state index contributed by atoms with van der Waals surface area (Å²) in [6.07, 6.45) is 0. The van der Waals surface area contributed by atoms with E-state index in [2.05, 4.69) is 9.64 Å². The smallest absolute Gasteiger partial charge is 0.337 e. The van der Waals surface area contributed by atoms with Crippen molar-refractivity contribution in [2.24, 2.45) is 0 Å². The molecule has 2 aromatic rings. The van der Waals surface area contributed by atoms with E-state index < -0.39 is 0 Å². The van der Waals surface area contributed by atoms with Gasteiger partial charge in [-0.05, 0) is 35.4 Å². The Balaban J connectivity index is 2.04. The predicted molar refractivity (Wildman–Crippen MR) is 82.3 cm³/mol. The van der Waals surface area contributed by atoms with Crippen LogP contribution in [0.2, 0.25) is 0 Å². The molecule has 0 amide bonds. The molecule has 0 heterocycles. The second-order valence-corrected chi connectivity index (χ2v) is 4.87. The van der Waals surface area contributed by atoms with E-state index in [9.17, 15) is 4.79 Å².